The number of benzene rings is 1. The van der Waals surface area contributed by atoms with Crippen LogP contribution in [0.25, 0.3) is 0 Å². The molecule has 1 aromatic rings. The van der Waals surface area contributed by atoms with Gasteiger partial charge >= 0.3 is 0 Å². The first-order valence-corrected chi connectivity index (χ1v) is 5.50. The van der Waals surface area contributed by atoms with Crippen molar-refractivity contribution in [3.8, 4) is 5.75 Å². The topological polar surface area (TPSA) is 37.3 Å². The summed E-state index contributed by atoms with van der Waals surface area (Å²) in [4.78, 5) is 11.9. The molecule has 84 valence electrons. The number of ketones is 1. The van der Waals surface area contributed by atoms with Crippen LogP contribution in [0, 0.1) is 12.8 Å². The molecule has 0 spiro atoms. The molecule has 0 unspecified atom stereocenters. The molecule has 2 rings (SSSR count). The van der Waals surface area contributed by atoms with Crippen LogP contribution >= 0.6 is 0 Å². The summed E-state index contributed by atoms with van der Waals surface area (Å²) >= 11 is 0. The Balaban J connectivity index is 2.51. The van der Waals surface area contributed by atoms with Gasteiger partial charge in [-0.05, 0) is 49.4 Å². The van der Waals surface area contributed by atoms with Crippen molar-refractivity contribution in [1.29, 1.82) is 0 Å². The van der Waals surface area contributed by atoms with Crippen LogP contribution in [0.15, 0.2) is 24.3 Å². The van der Waals surface area contributed by atoms with Gasteiger partial charge in [-0.2, -0.15) is 0 Å². The van der Waals surface area contributed by atoms with Crippen LogP contribution in [0.4, 0.5) is 0 Å². The summed E-state index contributed by atoms with van der Waals surface area (Å²) in [6, 6.07) is 3.34. The number of phenols is 1. The highest BCUT2D eigenvalue weighted by Gasteiger charge is 2.27. The number of fused-ring (bicyclic) bond motifs is 1. The molecule has 2 heteroatoms. The first-order valence-electron chi connectivity index (χ1n) is 5.50. The lowest BCUT2D eigenvalue weighted by Gasteiger charge is -2.25. The molecule has 0 amide bonds. The predicted molar refractivity (Wildman–Crippen MR) is 63.8 cm³/mol. The molecule has 2 nitrogen and oxygen atoms in total. The molecule has 16 heavy (non-hydrogen) atoms. The minimum absolute atomic E-state index is 0.164. The van der Waals surface area contributed by atoms with E-state index in [1.807, 2.05) is 13.8 Å². The van der Waals surface area contributed by atoms with Crippen LogP contribution in [0.3, 0.4) is 0 Å². The maximum absolute atomic E-state index is 11.9. The van der Waals surface area contributed by atoms with Gasteiger partial charge in [-0.1, -0.05) is 12.2 Å². The van der Waals surface area contributed by atoms with E-state index in [1.54, 1.807) is 12.1 Å². The van der Waals surface area contributed by atoms with Gasteiger partial charge < -0.3 is 5.11 Å². The lowest BCUT2D eigenvalue weighted by Crippen LogP contribution is -2.21. The molecule has 1 aliphatic rings. The minimum Gasteiger partial charge on any atom is -0.508 e. The first-order chi connectivity index (χ1) is 7.50. The number of Topliss-reactive ketones (excluding diaryl/α,β-unsaturated/α-hetero) is 1. The second-order valence-corrected chi connectivity index (χ2v) is 4.61. The SMILES string of the molecule is C=C(C)[C@@H]1CC(=O)c2ccc(O)c(C)c2C1. The highest BCUT2D eigenvalue weighted by Crippen LogP contribution is 2.34. The largest absolute Gasteiger partial charge is 0.508 e. The maximum atomic E-state index is 11.9. The average molecular weight is 216 g/mol. The fourth-order valence-electron chi connectivity index (χ4n) is 2.27. The van der Waals surface area contributed by atoms with Crippen molar-refractivity contribution in [2.24, 2.45) is 5.92 Å². The number of hydrogen-bond acceptors (Lipinski definition) is 2. The van der Waals surface area contributed by atoms with Crippen molar-refractivity contribution in [3.63, 3.8) is 0 Å². The normalized spacial score (nSPS) is 19.4. The number of allylic oxidation sites excluding steroid dienone is 1. The predicted octanol–water partition coefficient (Wildman–Crippen LogP) is 3.02. The van der Waals surface area contributed by atoms with Gasteiger partial charge in [-0.3, -0.25) is 4.79 Å². The van der Waals surface area contributed by atoms with Crippen LogP contribution < -0.4 is 0 Å². The number of carbonyl (C=O) groups is 1. The van der Waals surface area contributed by atoms with Gasteiger partial charge in [0.05, 0.1) is 0 Å². The standard InChI is InChI=1S/C14H16O2/c1-8(2)10-6-12-9(3)13(15)5-4-11(12)14(16)7-10/h4-5,10,15H,1,6-7H2,2-3H3/t10-/m0/s1. The van der Waals surface area contributed by atoms with Crippen molar-refractivity contribution in [2.45, 2.75) is 26.7 Å². The molecule has 1 N–H and O–H groups in total. The highest BCUT2D eigenvalue weighted by molar-refractivity contribution is 5.99. The second kappa shape index (κ2) is 3.78. The fourth-order valence-corrected chi connectivity index (χ4v) is 2.27. The Hall–Kier alpha value is -1.57. The summed E-state index contributed by atoms with van der Waals surface area (Å²) in [5, 5.41) is 9.65. The molecular weight excluding hydrogens is 200 g/mol. The van der Waals surface area contributed by atoms with E-state index in [4.69, 9.17) is 0 Å². The molecule has 0 heterocycles. The maximum Gasteiger partial charge on any atom is 0.163 e. The van der Waals surface area contributed by atoms with Crippen molar-refractivity contribution >= 4 is 5.78 Å². The van der Waals surface area contributed by atoms with Gasteiger partial charge in [0.2, 0.25) is 0 Å². The summed E-state index contributed by atoms with van der Waals surface area (Å²) in [5.41, 5.74) is 3.63. The summed E-state index contributed by atoms with van der Waals surface area (Å²) in [7, 11) is 0. The summed E-state index contributed by atoms with van der Waals surface area (Å²) in [6.07, 6.45) is 1.36. The smallest absolute Gasteiger partial charge is 0.163 e. The molecule has 0 saturated carbocycles. The Morgan fingerprint density at radius 1 is 1.44 bits per heavy atom. The van der Waals surface area contributed by atoms with E-state index in [2.05, 4.69) is 6.58 Å². The zero-order chi connectivity index (χ0) is 11.9. The average Bonchev–Trinajstić information content (AvgIpc) is 2.23. The Labute approximate surface area is 95.6 Å². The number of aromatic hydroxyl groups is 1. The van der Waals surface area contributed by atoms with Crippen LogP contribution in [0.2, 0.25) is 0 Å². The summed E-state index contributed by atoms with van der Waals surface area (Å²) in [6.45, 7) is 7.75. The zero-order valence-corrected chi connectivity index (χ0v) is 9.71. The van der Waals surface area contributed by atoms with Crippen molar-refractivity contribution in [1.82, 2.24) is 0 Å². The van der Waals surface area contributed by atoms with E-state index in [0.717, 1.165) is 28.7 Å². The number of rotatable bonds is 1. The van der Waals surface area contributed by atoms with Crippen LogP contribution in [-0.2, 0) is 6.42 Å². The molecular formula is C14H16O2. The van der Waals surface area contributed by atoms with Crippen LogP contribution in [0.1, 0.15) is 34.8 Å². The van der Waals surface area contributed by atoms with Crippen molar-refractivity contribution < 1.29 is 9.90 Å². The molecule has 0 aromatic heterocycles. The Morgan fingerprint density at radius 3 is 2.75 bits per heavy atom. The van der Waals surface area contributed by atoms with Crippen molar-refractivity contribution in [3.05, 3.63) is 41.0 Å². The summed E-state index contributed by atoms with van der Waals surface area (Å²) in [5.74, 6) is 0.659. The molecule has 0 fully saturated rings. The van der Waals surface area contributed by atoms with Crippen LogP contribution in [-0.4, -0.2) is 10.9 Å². The molecule has 0 aliphatic heterocycles. The quantitative estimate of drug-likeness (QED) is 0.733. The lowest BCUT2D eigenvalue weighted by atomic mass is 9.78. The molecule has 1 aromatic carbocycles. The number of hydrogen-bond donors (Lipinski definition) is 1. The first kappa shape index (κ1) is 10.9. The van der Waals surface area contributed by atoms with Gasteiger partial charge in [-0.25, -0.2) is 0 Å². The number of phenolic OH excluding ortho intramolecular Hbond substituents is 1. The van der Waals surface area contributed by atoms with Gasteiger partial charge in [-0.15, -0.1) is 0 Å². The molecule has 0 bridgehead atoms. The fraction of sp³-hybridized carbons (Fsp3) is 0.357. The Kier molecular flexibility index (Phi) is 2.58. The highest BCUT2D eigenvalue weighted by atomic mass is 16.3. The van der Waals surface area contributed by atoms with Gasteiger partial charge in [0.1, 0.15) is 5.75 Å². The monoisotopic (exact) mass is 216 g/mol. The second-order valence-electron chi connectivity index (χ2n) is 4.61. The van der Waals surface area contributed by atoms with E-state index in [1.165, 1.54) is 0 Å². The van der Waals surface area contributed by atoms with Crippen LogP contribution in [0.5, 0.6) is 5.75 Å². The van der Waals surface area contributed by atoms with Crippen molar-refractivity contribution in [2.75, 3.05) is 0 Å². The van der Waals surface area contributed by atoms with Gasteiger partial charge in [0.25, 0.3) is 0 Å². The van der Waals surface area contributed by atoms with E-state index in [0.29, 0.717) is 6.42 Å². The molecule has 1 aliphatic carbocycles. The third-order valence-corrected chi connectivity index (χ3v) is 3.45. The summed E-state index contributed by atoms with van der Waals surface area (Å²) < 4.78 is 0. The Morgan fingerprint density at radius 2 is 2.12 bits per heavy atom. The number of carbonyl (C=O) groups excluding carboxylic acids is 1. The van der Waals surface area contributed by atoms with Gasteiger partial charge in [0, 0.05) is 12.0 Å². The van der Waals surface area contributed by atoms with E-state index in [9.17, 15) is 9.90 Å². The van der Waals surface area contributed by atoms with E-state index >= 15 is 0 Å². The lowest BCUT2D eigenvalue weighted by molar-refractivity contribution is 0.0956. The molecule has 1 atom stereocenters. The third-order valence-electron chi connectivity index (χ3n) is 3.45. The third kappa shape index (κ3) is 1.64. The molecule has 0 radical (unpaired) electrons. The minimum atomic E-state index is 0.164. The molecule has 0 saturated heterocycles. The van der Waals surface area contributed by atoms with E-state index < -0.39 is 0 Å². The zero-order valence-electron chi connectivity index (χ0n) is 9.71. The Bertz CT molecular complexity index is 472. The van der Waals surface area contributed by atoms with E-state index in [-0.39, 0.29) is 17.5 Å². The van der Waals surface area contributed by atoms with Gasteiger partial charge in [0.15, 0.2) is 5.78 Å².